The Morgan fingerprint density at radius 3 is 2.19 bits per heavy atom. The van der Waals surface area contributed by atoms with E-state index in [4.69, 9.17) is 32.9 Å². The predicted molar refractivity (Wildman–Crippen MR) is 150 cm³/mol. The van der Waals surface area contributed by atoms with E-state index in [0.29, 0.717) is 26.9 Å². The fraction of sp³-hybridized carbons (Fsp3) is 0.0345. The maximum atomic E-state index is 13.9. The Labute approximate surface area is 228 Å². The second-order valence-electron chi connectivity index (χ2n) is 8.01. The van der Waals surface area contributed by atoms with Gasteiger partial charge in [0.1, 0.15) is 12.4 Å². The van der Waals surface area contributed by atoms with E-state index in [2.05, 4.69) is 0 Å². The Morgan fingerprint density at radius 2 is 1.51 bits per heavy atom. The number of carbonyl (C=O) groups excluding carboxylic acids is 1. The maximum absolute atomic E-state index is 13.9. The first-order chi connectivity index (χ1) is 18.0. The highest BCUT2D eigenvalue weighted by atomic mass is 35.5. The molecular weight excluding hydrogens is 530 g/mol. The second kappa shape index (κ2) is 11.2. The third-order valence-corrected chi connectivity index (χ3v) is 6.98. The first-order valence-corrected chi connectivity index (χ1v) is 12.8. The minimum absolute atomic E-state index is 0.0216. The van der Waals surface area contributed by atoms with Crippen molar-refractivity contribution in [1.29, 1.82) is 0 Å². The number of thioether (sulfide) groups is 1. The molecule has 0 bridgehead atoms. The quantitative estimate of drug-likeness (QED) is 0.227. The number of para-hydroxylation sites is 2. The second-order valence-corrected chi connectivity index (χ2v) is 9.83. The summed E-state index contributed by atoms with van der Waals surface area (Å²) in [5.74, 6) is -0.335. The number of nitrogens with zero attached hydrogens (tertiary/aromatic N) is 2. The van der Waals surface area contributed by atoms with Gasteiger partial charge in [-0.15, -0.1) is 0 Å². The normalized spacial score (nSPS) is 15.5. The summed E-state index contributed by atoms with van der Waals surface area (Å²) in [6.45, 7) is -0.0216. The molecule has 0 saturated carbocycles. The van der Waals surface area contributed by atoms with E-state index in [1.54, 1.807) is 41.3 Å². The third-order valence-electron chi connectivity index (χ3n) is 5.45. The molecule has 1 saturated heterocycles. The molecule has 8 heteroatoms. The average molecular weight is 549 g/mol. The Kier molecular flexibility index (Phi) is 7.60. The van der Waals surface area contributed by atoms with E-state index in [0.717, 1.165) is 5.69 Å². The Balaban J connectivity index is 1.44. The van der Waals surface area contributed by atoms with Crippen LogP contribution in [0.1, 0.15) is 11.1 Å². The molecule has 0 unspecified atom stereocenters. The standard InChI is InChI=1S/C29H19Cl2FN2O2S/c30-23-15-19(16-24(31)27(23)36-18-20-9-7-8-14-25(20)32)17-26-28(35)34(22-12-5-2-6-13-22)29(37-26)33-21-10-3-1-4-11-21/h1-17H,18H2/b26-17+,33-29?. The van der Waals surface area contributed by atoms with Crippen molar-refractivity contribution in [2.75, 3.05) is 4.90 Å². The Bertz CT molecular complexity index is 1490. The molecule has 37 heavy (non-hydrogen) atoms. The van der Waals surface area contributed by atoms with E-state index in [1.165, 1.54) is 17.8 Å². The lowest BCUT2D eigenvalue weighted by atomic mass is 10.2. The van der Waals surface area contributed by atoms with Crippen LogP contribution in [-0.4, -0.2) is 11.1 Å². The van der Waals surface area contributed by atoms with Gasteiger partial charge in [-0.3, -0.25) is 9.69 Å². The SMILES string of the molecule is O=C1/C(=C\c2cc(Cl)c(OCc3ccccc3F)c(Cl)c2)SC(=Nc2ccccc2)N1c1ccccc1. The van der Waals surface area contributed by atoms with Crippen molar-refractivity contribution in [3.8, 4) is 5.75 Å². The van der Waals surface area contributed by atoms with Crippen LogP contribution in [-0.2, 0) is 11.4 Å². The van der Waals surface area contributed by atoms with Crippen LogP contribution < -0.4 is 9.64 Å². The summed E-state index contributed by atoms with van der Waals surface area (Å²) in [7, 11) is 0. The molecule has 0 aromatic heterocycles. The molecule has 4 aromatic carbocycles. The van der Waals surface area contributed by atoms with Crippen LogP contribution in [0.5, 0.6) is 5.75 Å². The summed E-state index contributed by atoms with van der Waals surface area (Å²) in [4.78, 5) is 20.2. The molecule has 5 rings (SSSR count). The summed E-state index contributed by atoms with van der Waals surface area (Å²) in [5.41, 5.74) is 2.46. The first-order valence-electron chi connectivity index (χ1n) is 11.3. The van der Waals surface area contributed by atoms with Crippen LogP contribution in [0.15, 0.2) is 107 Å². The van der Waals surface area contributed by atoms with Crippen molar-refractivity contribution in [2.24, 2.45) is 4.99 Å². The number of hydrogen-bond donors (Lipinski definition) is 0. The molecule has 4 nitrogen and oxygen atoms in total. The van der Waals surface area contributed by atoms with E-state index < -0.39 is 0 Å². The molecule has 0 N–H and O–H groups in total. The van der Waals surface area contributed by atoms with Crippen LogP contribution in [0.2, 0.25) is 10.0 Å². The molecule has 184 valence electrons. The van der Waals surface area contributed by atoms with Crippen LogP contribution in [0, 0.1) is 5.82 Å². The van der Waals surface area contributed by atoms with E-state index in [1.807, 2.05) is 60.7 Å². The van der Waals surface area contributed by atoms with Gasteiger partial charge < -0.3 is 4.74 Å². The first kappa shape index (κ1) is 25.1. The molecule has 0 spiro atoms. The van der Waals surface area contributed by atoms with Crippen molar-refractivity contribution in [3.63, 3.8) is 0 Å². The van der Waals surface area contributed by atoms with Crippen LogP contribution >= 0.6 is 35.0 Å². The number of amidine groups is 1. The fourth-order valence-electron chi connectivity index (χ4n) is 3.68. The zero-order valence-electron chi connectivity index (χ0n) is 19.3. The van der Waals surface area contributed by atoms with Gasteiger partial charge in [0.05, 0.1) is 26.3 Å². The molecule has 0 radical (unpaired) electrons. The van der Waals surface area contributed by atoms with Gasteiger partial charge in [0, 0.05) is 5.56 Å². The van der Waals surface area contributed by atoms with Gasteiger partial charge in [-0.05, 0) is 65.9 Å². The van der Waals surface area contributed by atoms with Gasteiger partial charge >= 0.3 is 0 Å². The number of ether oxygens (including phenoxy) is 1. The Morgan fingerprint density at radius 1 is 0.892 bits per heavy atom. The van der Waals surface area contributed by atoms with Crippen molar-refractivity contribution >= 4 is 63.5 Å². The number of carbonyl (C=O) groups is 1. The number of benzene rings is 4. The lowest BCUT2D eigenvalue weighted by Crippen LogP contribution is -2.28. The van der Waals surface area contributed by atoms with E-state index in [-0.39, 0.29) is 34.1 Å². The van der Waals surface area contributed by atoms with Crippen molar-refractivity contribution in [3.05, 3.63) is 129 Å². The maximum Gasteiger partial charge on any atom is 0.271 e. The van der Waals surface area contributed by atoms with Crippen LogP contribution in [0.3, 0.4) is 0 Å². The zero-order chi connectivity index (χ0) is 25.8. The fourth-order valence-corrected chi connectivity index (χ4v) is 5.30. The number of aliphatic imine (C=N–C) groups is 1. The topological polar surface area (TPSA) is 41.9 Å². The van der Waals surface area contributed by atoms with Crippen LogP contribution in [0.25, 0.3) is 6.08 Å². The average Bonchev–Trinajstić information content (AvgIpc) is 3.19. The molecule has 1 aliphatic heterocycles. The number of hydrogen-bond acceptors (Lipinski definition) is 4. The predicted octanol–water partition coefficient (Wildman–Crippen LogP) is 8.52. The number of amides is 1. The van der Waals surface area contributed by atoms with Gasteiger partial charge in [-0.25, -0.2) is 9.38 Å². The van der Waals surface area contributed by atoms with Crippen molar-refractivity contribution < 1.29 is 13.9 Å². The highest BCUT2D eigenvalue weighted by molar-refractivity contribution is 8.19. The zero-order valence-corrected chi connectivity index (χ0v) is 21.6. The monoisotopic (exact) mass is 548 g/mol. The van der Waals surface area contributed by atoms with Gasteiger partial charge in [0.2, 0.25) is 0 Å². The molecule has 1 heterocycles. The van der Waals surface area contributed by atoms with Gasteiger partial charge in [0.15, 0.2) is 10.9 Å². The van der Waals surface area contributed by atoms with E-state index >= 15 is 0 Å². The minimum atomic E-state index is -0.371. The number of rotatable bonds is 6. The lowest BCUT2D eigenvalue weighted by Gasteiger charge is -2.15. The molecule has 1 fully saturated rings. The van der Waals surface area contributed by atoms with Gasteiger partial charge in [-0.1, -0.05) is 77.8 Å². The summed E-state index contributed by atoms with van der Waals surface area (Å²) >= 11 is 14.2. The van der Waals surface area contributed by atoms with Gasteiger partial charge in [0.25, 0.3) is 5.91 Å². The third kappa shape index (κ3) is 5.72. The summed E-state index contributed by atoms with van der Waals surface area (Å²) in [6, 6.07) is 28.4. The van der Waals surface area contributed by atoms with Crippen molar-refractivity contribution in [2.45, 2.75) is 6.61 Å². The highest BCUT2D eigenvalue weighted by Crippen LogP contribution is 2.40. The van der Waals surface area contributed by atoms with Gasteiger partial charge in [-0.2, -0.15) is 0 Å². The summed E-state index contributed by atoms with van der Waals surface area (Å²) in [6.07, 6.45) is 1.72. The molecular formula is C29H19Cl2FN2O2S. The molecule has 1 amide bonds. The lowest BCUT2D eigenvalue weighted by molar-refractivity contribution is -0.113. The highest BCUT2D eigenvalue weighted by Gasteiger charge is 2.34. The smallest absolute Gasteiger partial charge is 0.271 e. The molecule has 0 aliphatic carbocycles. The Hall–Kier alpha value is -3.58. The van der Waals surface area contributed by atoms with Crippen LogP contribution in [0.4, 0.5) is 15.8 Å². The molecule has 1 aliphatic rings. The van der Waals surface area contributed by atoms with E-state index in [9.17, 15) is 9.18 Å². The molecule has 4 aromatic rings. The summed E-state index contributed by atoms with van der Waals surface area (Å²) in [5, 5.41) is 1.05. The molecule has 0 atom stereocenters. The van der Waals surface area contributed by atoms with Crippen molar-refractivity contribution in [1.82, 2.24) is 0 Å². The number of anilines is 1. The summed E-state index contributed by atoms with van der Waals surface area (Å²) < 4.78 is 19.7. The minimum Gasteiger partial charge on any atom is -0.486 e. The largest absolute Gasteiger partial charge is 0.486 e. The number of halogens is 3.